The first-order valence-electron chi connectivity index (χ1n) is 11.1. The highest BCUT2D eigenvalue weighted by atomic mass is 35.5. The van der Waals surface area contributed by atoms with Crippen LogP contribution in [0.5, 0.6) is 0 Å². The van der Waals surface area contributed by atoms with Crippen LogP contribution in [0.2, 0.25) is 5.15 Å². The summed E-state index contributed by atoms with van der Waals surface area (Å²) in [5, 5.41) is 4.01. The van der Waals surface area contributed by atoms with Crippen molar-refractivity contribution in [3.63, 3.8) is 0 Å². The first-order chi connectivity index (χ1) is 16.6. The highest BCUT2D eigenvalue weighted by Crippen LogP contribution is 2.30. The number of rotatable bonds is 5. The van der Waals surface area contributed by atoms with Crippen molar-refractivity contribution in [2.24, 2.45) is 7.05 Å². The zero-order valence-corrected chi connectivity index (χ0v) is 21.2. The molecule has 0 aliphatic rings. The van der Waals surface area contributed by atoms with E-state index >= 15 is 0 Å². The Bertz CT molecular complexity index is 1530. The van der Waals surface area contributed by atoms with Gasteiger partial charge in [-0.3, -0.25) is 14.3 Å². The lowest BCUT2D eigenvalue weighted by Crippen LogP contribution is -2.22. The summed E-state index contributed by atoms with van der Waals surface area (Å²) in [5.74, 6) is -0.0684. The van der Waals surface area contributed by atoms with Crippen LogP contribution in [0, 0.1) is 20.8 Å². The molecule has 0 saturated carbocycles. The Balaban J connectivity index is 1.89. The number of hydrogen-bond acceptors (Lipinski definition) is 7. The van der Waals surface area contributed by atoms with E-state index in [0.29, 0.717) is 22.4 Å². The largest absolute Gasteiger partial charge is 0.464 e. The number of fused-ring (bicyclic) bond motifs is 1. The van der Waals surface area contributed by atoms with E-state index in [1.165, 1.54) is 7.11 Å². The van der Waals surface area contributed by atoms with Crippen LogP contribution in [0.15, 0.2) is 41.2 Å². The number of carbonyl (C=O) groups excluding carboxylic acids is 1. The third kappa shape index (κ3) is 4.61. The van der Waals surface area contributed by atoms with Gasteiger partial charge in [-0.2, -0.15) is 0 Å². The lowest BCUT2D eigenvalue weighted by Gasteiger charge is -2.20. The molecule has 9 heteroatoms. The van der Waals surface area contributed by atoms with E-state index in [1.54, 1.807) is 23.7 Å². The molecule has 8 nitrogen and oxygen atoms in total. The van der Waals surface area contributed by atoms with Crippen LogP contribution in [0.3, 0.4) is 0 Å². The van der Waals surface area contributed by atoms with Gasteiger partial charge >= 0.3 is 5.97 Å². The van der Waals surface area contributed by atoms with E-state index in [2.05, 4.69) is 15.3 Å². The van der Waals surface area contributed by atoms with Crippen LogP contribution in [0.4, 0.5) is 5.69 Å². The molecule has 0 fully saturated rings. The fourth-order valence-electron chi connectivity index (χ4n) is 4.16. The van der Waals surface area contributed by atoms with E-state index in [0.717, 1.165) is 28.1 Å². The average Bonchev–Trinajstić information content (AvgIpc) is 2.82. The molecule has 4 rings (SSSR count). The van der Waals surface area contributed by atoms with Crippen LogP contribution in [-0.4, -0.2) is 32.6 Å². The fourth-order valence-corrected chi connectivity index (χ4v) is 4.31. The molecule has 1 N–H and O–H groups in total. The van der Waals surface area contributed by atoms with E-state index in [-0.39, 0.29) is 22.4 Å². The van der Waals surface area contributed by atoms with Gasteiger partial charge in [0.1, 0.15) is 11.0 Å². The Morgan fingerprint density at radius 3 is 2.51 bits per heavy atom. The summed E-state index contributed by atoms with van der Waals surface area (Å²) in [4.78, 5) is 39.3. The van der Waals surface area contributed by atoms with Gasteiger partial charge in [0.25, 0.3) is 5.56 Å². The van der Waals surface area contributed by atoms with Gasteiger partial charge in [0, 0.05) is 29.6 Å². The van der Waals surface area contributed by atoms with E-state index < -0.39 is 5.97 Å². The number of esters is 1. The maximum absolute atomic E-state index is 13.4. The number of aryl methyl sites for hydroxylation is 3. The second-order valence-electron chi connectivity index (χ2n) is 8.52. The predicted octanol–water partition coefficient (Wildman–Crippen LogP) is 4.93. The summed E-state index contributed by atoms with van der Waals surface area (Å²) in [6.45, 7) is 7.69. The number of ether oxygens (including phenoxy) is 1. The van der Waals surface area contributed by atoms with Gasteiger partial charge in [-0.25, -0.2) is 14.8 Å². The normalized spacial score (nSPS) is 12.0. The number of methoxy groups -OCH3 is 1. The average molecular weight is 492 g/mol. The molecule has 35 heavy (non-hydrogen) atoms. The summed E-state index contributed by atoms with van der Waals surface area (Å²) < 4.78 is 6.42. The molecule has 0 spiro atoms. The molecule has 0 saturated heterocycles. The van der Waals surface area contributed by atoms with Crippen LogP contribution in [0.25, 0.3) is 22.3 Å². The predicted molar refractivity (Wildman–Crippen MR) is 137 cm³/mol. The quantitative estimate of drug-likeness (QED) is 0.312. The number of pyridine rings is 2. The fraction of sp³-hybridized carbons (Fsp3) is 0.269. The van der Waals surface area contributed by atoms with Gasteiger partial charge in [-0.1, -0.05) is 17.7 Å². The van der Waals surface area contributed by atoms with E-state index in [9.17, 15) is 9.59 Å². The molecule has 0 bridgehead atoms. The zero-order valence-electron chi connectivity index (χ0n) is 20.4. The molecule has 4 aromatic rings. The molecule has 3 heterocycles. The summed E-state index contributed by atoms with van der Waals surface area (Å²) in [6, 6.07) is 10.6. The highest BCUT2D eigenvalue weighted by molar-refractivity contribution is 6.29. The number of halogens is 1. The molecule has 0 radical (unpaired) electrons. The molecule has 0 amide bonds. The number of aromatic nitrogens is 4. The first kappa shape index (κ1) is 24.3. The van der Waals surface area contributed by atoms with Gasteiger partial charge in [-0.15, -0.1) is 0 Å². The lowest BCUT2D eigenvalue weighted by molar-refractivity contribution is 0.0595. The van der Waals surface area contributed by atoms with Crippen LogP contribution in [-0.2, 0) is 11.8 Å². The second kappa shape index (κ2) is 9.46. The standard InChI is InChI=1S/C26H26ClN5O3/c1-13-11-18(16(4)29-20-9-10-21(27)30-23(20)26(34)35-6)22-19(12-13)25(33)32(5)24(31-22)17-8-7-14(2)28-15(17)3/h7-12,16,29H,1-6H3/t16-/m1/s1. The smallest absolute Gasteiger partial charge is 0.358 e. The molecule has 180 valence electrons. The summed E-state index contributed by atoms with van der Waals surface area (Å²) >= 11 is 6.00. The maximum atomic E-state index is 13.4. The number of benzene rings is 1. The third-order valence-electron chi connectivity index (χ3n) is 5.90. The Morgan fingerprint density at radius 2 is 1.83 bits per heavy atom. The maximum Gasteiger partial charge on any atom is 0.358 e. The van der Waals surface area contributed by atoms with Crippen molar-refractivity contribution in [3.8, 4) is 11.4 Å². The summed E-state index contributed by atoms with van der Waals surface area (Å²) in [5.41, 5.74) is 5.18. The molecule has 1 atom stereocenters. The van der Waals surface area contributed by atoms with Gasteiger partial charge in [0.15, 0.2) is 5.69 Å². The van der Waals surface area contributed by atoms with Gasteiger partial charge in [0.2, 0.25) is 0 Å². The topological polar surface area (TPSA) is 99.0 Å². The van der Waals surface area contributed by atoms with Crippen molar-refractivity contribution in [1.82, 2.24) is 19.5 Å². The van der Waals surface area contributed by atoms with Crippen molar-refractivity contribution in [2.75, 3.05) is 12.4 Å². The molecular weight excluding hydrogens is 466 g/mol. The minimum absolute atomic E-state index is 0.0784. The zero-order chi connectivity index (χ0) is 25.4. The Hall–Kier alpha value is -3.78. The van der Waals surface area contributed by atoms with Crippen molar-refractivity contribution < 1.29 is 9.53 Å². The number of anilines is 1. The minimum Gasteiger partial charge on any atom is -0.464 e. The monoisotopic (exact) mass is 491 g/mol. The lowest BCUT2D eigenvalue weighted by atomic mass is 10.0. The molecular formula is C26H26ClN5O3. The first-order valence-corrected chi connectivity index (χ1v) is 11.5. The van der Waals surface area contributed by atoms with Gasteiger partial charge < -0.3 is 10.1 Å². The van der Waals surface area contributed by atoms with Crippen molar-refractivity contribution in [2.45, 2.75) is 33.7 Å². The van der Waals surface area contributed by atoms with Crippen molar-refractivity contribution in [1.29, 1.82) is 0 Å². The summed E-state index contributed by atoms with van der Waals surface area (Å²) in [6.07, 6.45) is 0. The van der Waals surface area contributed by atoms with Crippen molar-refractivity contribution >= 4 is 34.2 Å². The van der Waals surface area contributed by atoms with Gasteiger partial charge in [-0.05, 0) is 63.6 Å². The molecule has 0 aliphatic heterocycles. The van der Waals surface area contributed by atoms with Gasteiger partial charge in [0.05, 0.1) is 29.7 Å². The van der Waals surface area contributed by atoms with E-state index in [1.807, 2.05) is 52.0 Å². The Kier molecular flexibility index (Phi) is 6.58. The Morgan fingerprint density at radius 1 is 1.09 bits per heavy atom. The minimum atomic E-state index is -0.604. The molecule has 0 unspecified atom stereocenters. The number of carbonyl (C=O) groups is 1. The van der Waals surface area contributed by atoms with E-state index in [4.69, 9.17) is 21.3 Å². The number of nitrogens with one attached hydrogen (secondary N) is 1. The SMILES string of the molecule is COC(=O)c1nc(Cl)ccc1N[C@H](C)c1cc(C)cc2c(=O)n(C)c(-c3ccc(C)nc3C)nc12. The molecule has 0 aliphatic carbocycles. The van der Waals surface area contributed by atoms with Crippen LogP contribution >= 0.6 is 11.6 Å². The Labute approximate surface area is 208 Å². The van der Waals surface area contributed by atoms with Crippen LogP contribution < -0.4 is 10.9 Å². The van der Waals surface area contributed by atoms with Crippen molar-refractivity contribution in [3.05, 3.63) is 80.1 Å². The highest BCUT2D eigenvalue weighted by Gasteiger charge is 2.21. The summed E-state index contributed by atoms with van der Waals surface area (Å²) in [7, 11) is 3.00. The molecule has 3 aromatic heterocycles. The second-order valence-corrected chi connectivity index (χ2v) is 8.91. The number of hydrogen-bond donors (Lipinski definition) is 1. The number of nitrogens with zero attached hydrogens (tertiary/aromatic N) is 4. The molecule has 1 aromatic carbocycles. The van der Waals surface area contributed by atoms with Crippen LogP contribution in [0.1, 0.15) is 46.0 Å². The third-order valence-corrected chi connectivity index (χ3v) is 6.11.